The number of benzene rings is 2. The fourth-order valence-corrected chi connectivity index (χ4v) is 9.52. The van der Waals surface area contributed by atoms with Crippen LogP contribution in [-0.2, 0) is 16.1 Å². The van der Waals surface area contributed by atoms with Gasteiger partial charge in [0.2, 0.25) is 0 Å². The summed E-state index contributed by atoms with van der Waals surface area (Å²) in [6.07, 6.45) is 1.93. The summed E-state index contributed by atoms with van der Waals surface area (Å²) >= 11 is 6.25. The quantitative estimate of drug-likeness (QED) is 0.206. The molecule has 272 valence electrons. The average molecular weight is 706 g/mol. The van der Waals surface area contributed by atoms with E-state index in [9.17, 15) is 10.1 Å². The van der Waals surface area contributed by atoms with Crippen LogP contribution in [0, 0.1) is 39.9 Å². The van der Waals surface area contributed by atoms with E-state index in [-0.39, 0.29) is 29.1 Å². The Morgan fingerprint density at radius 2 is 1.62 bits per heavy atom. The van der Waals surface area contributed by atoms with Crippen LogP contribution in [0.1, 0.15) is 72.4 Å². The number of carbonyl (C=O) groups excluding carboxylic acids is 1. The molecule has 1 aliphatic carbocycles. The Morgan fingerprint density at radius 1 is 0.980 bits per heavy atom. The number of nitrogens with zero attached hydrogens (tertiary/aromatic N) is 4. The molecule has 6 rings (SSSR count). The van der Waals surface area contributed by atoms with Crippen molar-refractivity contribution in [3.8, 4) is 11.8 Å². The van der Waals surface area contributed by atoms with Gasteiger partial charge in [-0.2, -0.15) is 5.26 Å². The molecule has 0 bridgehead atoms. The summed E-state index contributed by atoms with van der Waals surface area (Å²) < 4.78 is 18.1. The molecule has 3 saturated heterocycles. The number of carbonyl (C=O) groups is 1. The second kappa shape index (κ2) is 14.5. The number of piperidine rings is 1. The molecule has 3 heterocycles. The Balaban J connectivity index is 0.894. The Kier molecular flexibility index (Phi) is 10.7. The van der Waals surface area contributed by atoms with Crippen LogP contribution in [-0.4, -0.2) is 86.2 Å². The van der Waals surface area contributed by atoms with Gasteiger partial charge in [-0.3, -0.25) is 5.32 Å². The van der Waals surface area contributed by atoms with Gasteiger partial charge in [0, 0.05) is 74.4 Å². The number of fused-ring (bicyclic) bond motifs is 1. The van der Waals surface area contributed by atoms with Gasteiger partial charge in [0.05, 0.1) is 23.9 Å². The van der Waals surface area contributed by atoms with Crippen LogP contribution >= 0.6 is 11.6 Å². The summed E-state index contributed by atoms with van der Waals surface area (Å²) in [5, 5.41) is 13.2. The SMILES string of the molecule is CC(C)(C)OC(=O)N1CCC(CN2CC3CN(c4ccc(COCN[C@H]5C(C)(C)[C@H](Oc6ccc(C#N)c(Cl)c6)C5(C)C)cc4)CC3C2)CC1. The van der Waals surface area contributed by atoms with Crippen molar-refractivity contribution in [3.05, 3.63) is 58.6 Å². The van der Waals surface area contributed by atoms with Crippen LogP contribution < -0.4 is 15.0 Å². The van der Waals surface area contributed by atoms with Crippen LogP contribution in [0.3, 0.4) is 0 Å². The van der Waals surface area contributed by atoms with Crippen molar-refractivity contribution < 1.29 is 19.0 Å². The van der Waals surface area contributed by atoms with E-state index in [1.165, 1.54) is 24.3 Å². The lowest BCUT2D eigenvalue weighted by atomic mass is 9.49. The average Bonchev–Trinajstić information content (AvgIpc) is 3.62. The number of rotatable bonds is 10. The van der Waals surface area contributed by atoms with Crippen molar-refractivity contribution in [2.24, 2.45) is 28.6 Å². The standard InChI is InChI=1S/C40H56ClN5O4/c1-38(2,3)50-37(47)45-16-14-27(15-17-45)20-44-21-30-23-46(24-31(30)22-44)32-11-8-28(9-12-32)25-48-26-43-35-39(4,5)36(40(35,6)7)49-33-13-10-29(19-42)34(41)18-33/h8-13,18,27,30-31,35-36,43H,14-17,20-26H2,1-7H3/t30?,31?,35-,36-. The van der Waals surface area contributed by atoms with Crippen molar-refractivity contribution in [1.82, 2.24) is 15.1 Å². The number of ether oxygens (including phenoxy) is 3. The van der Waals surface area contributed by atoms with E-state index in [0.29, 0.717) is 35.6 Å². The Morgan fingerprint density at radius 3 is 2.20 bits per heavy atom. The zero-order chi connectivity index (χ0) is 35.8. The third kappa shape index (κ3) is 8.04. The highest BCUT2D eigenvalue weighted by molar-refractivity contribution is 6.31. The van der Waals surface area contributed by atoms with Gasteiger partial charge in [-0.15, -0.1) is 0 Å². The minimum absolute atomic E-state index is 0.0205. The van der Waals surface area contributed by atoms with E-state index in [2.05, 4.69) is 73.1 Å². The smallest absolute Gasteiger partial charge is 0.410 e. The van der Waals surface area contributed by atoms with Crippen LogP contribution in [0.25, 0.3) is 0 Å². The number of amides is 1. The van der Waals surface area contributed by atoms with Crippen molar-refractivity contribution in [2.75, 3.05) is 57.4 Å². The first-order chi connectivity index (χ1) is 23.6. The predicted octanol–water partition coefficient (Wildman–Crippen LogP) is 7.17. The van der Waals surface area contributed by atoms with E-state index < -0.39 is 5.60 Å². The molecular weight excluding hydrogens is 650 g/mol. The molecule has 0 radical (unpaired) electrons. The molecule has 2 unspecified atom stereocenters. The maximum absolute atomic E-state index is 12.4. The second-order valence-electron chi connectivity index (χ2n) is 17.2. The lowest BCUT2D eigenvalue weighted by Crippen LogP contribution is -2.74. The molecule has 3 aliphatic heterocycles. The highest BCUT2D eigenvalue weighted by Crippen LogP contribution is 2.55. The molecule has 9 nitrogen and oxygen atoms in total. The summed E-state index contributed by atoms with van der Waals surface area (Å²) in [6, 6.07) is 16.5. The summed E-state index contributed by atoms with van der Waals surface area (Å²) in [6.45, 7) is 23.0. The molecule has 1 saturated carbocycles. The lowest BCUT2D eigenvalue weighted by molar-refractivity contribution is -0.174. The topological polar surface area (TPSA) is 90.3 Å². The molecule has 2 aromatic rings. The van der Waals surface area contributed by atoms with Crippen LogP contribution in [0.15, 0.2) is 42.5 Å². The Labute approximate surface area is 304 Å². The van der Waals surface area contributed by atoms with E-state index in [1.54, 1.807) is 12.1 Å². The predicted molar refractivity (Wildman–Crippen MR) is 197 cm³/mol. The third-order valence-electron chi connectivity index (χ3n) is 11.5. The second-order valence-corrected chi connectivity index (χ2v) is 17.7. The van der Waals surface area contributed by atoms with Crippen LogP contribution in [0.4, 0.5) is 10.5 Å². The molecule has 0 aromatic heterocycles. The molecule has 4 aliphatic rings. The third-order valence-corrected chi connectivity index (χ3v) is 11.8. The maximum Gasteiger partial charge on any atom is 0.410 e. The molecule has 1 amide bonds. The van der Waals surface area contributed by atoms with E-state index in [0.717, 1.165) is 57.4 Å². The van der Waals surface area contributed by atoms with Gasteiger partial charge >= 0.3 is 6.09 Å². The Hall–Kier alpha value is -3.03. The highest BCUT2D eigenvalue weighted by atomic mass is 35.5. The normalized spacial score (nSPS) is 26.3. The van der Waals surface area contributed by atoms with E-state index in [4.69, 9.17) is 25.8 Å². The first-order valence-corrected chi connectivity index (χ1v) is 18.7. The van der Waals surface area contributed by atoms with Crippen LogP contribution in [0.5, 0.6) is 5.75 Å². The van der Waals surface area contributed by atoms with E-state index in [1.807, 2.05) is 31.7 Å². The fraction of sp³-hybridized carbons (Fsp3) is 0.650. The number of likely N-dealkylation sites (tertiary alicyclic amines) is 2. The Bertz CT molecular complexity index is 1510. The van der Waals surface area contributed by atoms with Crippen molar-refractivity contribution in [3.63, 3.8) is 0 Å². The minimum Gasteiger partial charge on any atom is -0.489 e. The number of nitrogens with one attached hydrogen (secondary N) is 1. The molecule has 4 fully saturated rings. The molecule has 0 spiro atoms. The number of nitriles is 1. The molecule has 1 N–H and O–H groups in total. The summed E-state index contributed by atoms with van der Waals surface area (Å²) in [4.78, 5) is 19.6. The maximum atomic E-state index is 12.4. The van der Waals surface area contributed by atoms with Gasteiger partial charge in [0.25, 0.3) is 0 Å². The van der Waals surface area contributed by atoms with Gasteiger partial charge in [0.1, 0.15) is 23.5 Å². The largest absolute Gasteiger partial charge is 0.489 e. The zero-order valence-electron chi connectivity index (χ0n) is 31.0. The fourth-order valence-electron chi connectivity index (χ4n) is 9.30. The lowest BCUT2D eigenvalue weighted by Gasteiger charge is -2.63. The molecule has 2 aromatic carbocycles. The highest BCUT2D eigenvalue weighted by Gasteiger charge is 2.63. The monoisotopic (exact) mass is 705 g/mol. The molecule has 2 atom stereocenters. The van der Waals surface area contributed by atoms with Gasteiger partial charge in [-0.05, 0) is 81.2 Å². The number of hydrogen-bond acceptors (Lipinski definition) is 8. The number of halogens is 1. The summed E-state index contributed by atoms with van der Waals surface area (Å²) in [5.41, 5.74) is 2.23. The minimum atomic E-state index is -0.441. The van der Waals surface area contributed by atoms with Gasteiger partial charge in [-0.1, -0.05) is 51.4 Å². The summed E-state index contributed by atoms with van der Waals surface area (Å²) in [7, 11) is 0. The zero-order valence-corrected chi connectivity index (χ0v) is 31.8. The number of anilines is 1. The molecule has 50 heavy (non-hydrogen) atoms. The summed E-state index contributed by atoms with van der Waals surface area (Å²) in [5.74, 6) is 2.78. The first-order valence-electron chi connectivity index (χ1n) is 18.4. The molecular formula is C40H56ClN5O4. The first kappa shape index (κ1) is 36.8. The van der Waals surface area contributed by atoms with Gasteiger partial charge in [0.15, 0.2) is 0 Å². The molecule has 10 heteroatoms. The van der Waals surface area contributed by atoms with Gasteiger partial charge in [-0.25, -0.2) is 4.79 Å². The van der Waals surface area contributed by atoms with Crippen molar-refractivity contribution in [2.45, 2.75) is 85.7 Å². The van der Waals surface area contributed by atoms with Crippen LogP contribution in [0.2, 0.25) is 5.02 Å². The van der Waals surface area contributed by atoms with Gasteiger partial charge < -0.3 is 28.9 Å². The van der Waals surface area contributed by atoms with Crippen molar-refractivity contribution in [1.29, 1.82) is 5.26 Å². The van der Waals surface area contributed by atoms with Crippen molar-refractivity contribution >= 4 is 23.4 Å². The number of hydrogen-bond donors (Lipinski definition) is 1. The van der Waals surface area contributed by atoms with E-state index >= 15 is 0 Å².